The van der Waals surface area contributed by atoms with E-state index in [4.69, 9.17) is 4.74 Å². The first-order valence-electron chi connectivity index (χ1n) is 8.52. The van der Waals surface area contributed by atoms with Crippen molar-refractivity contribution >= 4 is 44.3 Å². The molecule has 28 heavy (non-hydrogen) atoms. The maximum absolute atomic E-state index is 12.7. The van der Waals surface area contributed by atoms with Gasteiger partial charge in [-0.2, -0.15) is 10.5 Å². The number of methoxy groups -OCH3 is 1. The number of carbonyl (C=O) groups is 1. The number of nitriles is 2. The van der Waals surface area contributed by atoms with Crippen LogP contribution in [0.5, 0.6) is 11.5 Å². The van der Waals surface area contributed by atoms with Gasteiger partial charge in [-0.25, -0.2) is 0 Å². The Bertz CT molecular complexity index is 1060. The number of fused-ring (bicyclic) bond motifs is 1. The fraction of sp³-hybridized carbons (Fsp3) is 0.250. The van der Waals surface area contributed by atoms with Gasteiger partial charge in [0.15, 0.2) is 11.5 Å². The summed E-state index contributed by atoms with van der Waals surface area (Å²) in [5, 5.41) is 32.4. The quantitative estimate of drug-likeness (QED) is 0.518. The summed E-state index contributed by atoms with van der Waals surface area (Å²) >= 11 is 4.70. The lowest BCUT2D eigenvalue weighted by Crippen LogP contribution is -2.13. The third-order valence-corrected chi connectivity index (χ3v) is 6.13. The van der Waals surface area contributed by atoms with Crippen LogP contribution >= 0.6 is 27.3 Å². The smallest absolute Gasteiger partial charge is 0.266 e. The van der Waals surface area contributed by atoms with Crippen molar-refractivity contribution in [1.82, 2.24) is 0 Å². The van der Waals surface area contributed by atoms with Crippen LogP contribution in [0.2, 0.25) is 0 Å². The van der Waals surface area contributed by atoms with E-state index in [0.717, 1.165) is 36.1 Å². The van der Waals surface area contributed by atoms with Gasteiger partial charge in [0.25, 0.3) is 5.91 Å². The van der Waals surface area contributed by atoms with Gasteiger partial charge in [-0.05, 0) is 49.5 Å². The van der Waals surface area contributed by atoms with Crippen LogP contribution in [0.15, 0.2) is 22.2 Å². The van der Waals surface area contributed by atoms with Crippen molar-refractivity contribution in [2.24, 2.45) is 0 Å². The van der Waals surface area contributed by atoms with Crippen LogP contribution in [-0.2, 0) is 17.6 Å². The summed E-state index contributed by atoms with van der Waals surface area (Å²) in [5.74, 6) is -0.581. The lowest BCUT2D eigenvalue weighted by atomic mass is 9.96. The Labute approximate surface area is 174 Å². The zero-order valence-electron chi connectivity index (χ0n) is 15.0. The number of anilines is 1. The van der Waals surface area contributed by atoms with Gasteiger partial charge in [0.1, 0.15) is 22.7 Å². The first-order valence-corrected chi connectivity index (χ1v) is 10.1. The molecule has 0 aliphatic heterocycles. The number of aromatic hydroxyl groups is 1. The van der Waals surface area contributed by atoms with E-state index in [1.807, 2.05) is 6.07 Å². The SMILES string of the molecule is COc1cc(Br)cc(/C=C(\C#N)C(=O)Nc2sc3c(c2C#N)CCCC3)c1O. The van der Waals surface area contributed by atoms with Crippen molar-refractivity contribution in [2.75, 3.05) is 12.4 Å². The minimum absolute atomic E-state index is 0.171. The van der Waals surface area contributed by atoms with Crippen LogP contribution in [0, 0.1) is 22.7 Å². The van der Waals surface area contributed by atoms with E-state index in [1.54, 1.807) is 12.1 Å². The fourth-order valence-electron chi connectivity index (χ4n) is 3.11. The van der Waals surface area contributed by atoms with Gasteiger partial charge in [-0.1, -0.05) is 15.9 Å². The highest BCUT2D eigenvalue weighted by atomic mass is 79.9. The number of amides is 1. The normalized spacial score (nSPS) is 13.2. The predicted molar refractivity (Wildman–Crippen MR) is 110 cm³/mol. The summed E-state index contributed by atoms with van der Waals surface area (Å²) in [4.78, 5) is 13.8. The number of halogens is 1. The first-order chi connectivity index (χ1) is 13.5. The van der Waals surface area contributed by atoms with Crippen molar-refractivity contribution in [1.29, 1.82) is 10.5 Å². The highest BCUT2D eigenvalue weighted by Crippen LogP contribution is 2.38. The Kier molecular flexibility index (Phi) is 6.03. The summed E-state index contributed by atoms with van der Waals surface area (Å²) in [6, 6.07) is 7.19. The molecule has 0 saturated carbocycles. The predicted octanol–water partition coefficient (Wildman–Crippen LogP) is 4.52. The van der Waals surface area contributed by atoms with E-state index in [0.29, 0.717) is 15.0 Å². The zero-order chi connectivity index (χ0) is 20.3. The van der Waals surface area contributed by atoms with Gasteiger partial charge in [-0.15, -0.1) is 11.3 Å². The Hall–Kier alpha value is -2.81. The molecular formula is C20H16BrN3O3S. The number of hydrogen-bond donors (Lipinski definition) is 2. The summed E-state index contributed by atoms with van der Waals surface area (Å²) in [6.07, 6.45) is 5.12. The van der Waals surface area contributed by atoms with E-state index in [-0.39, 0.29) is 22.6 Å². The van der Waals surface area contributed by atoms with Gasteiger partial charge in [0.2, 0.25) is 0 Å². The summed E-state index contributed by atoms with van der Waals surface area (Å²) in [5.41, 5.74) is 1.57. The number of ether oxygens (including phenoxy) is 1. The molecule has 1 aliphatic carbocycles. The second-order valence-corrected chi connectivity index (χ2v) is 8.22. The molecule has 2 N–H and O–H groups in total. The maximum atomic E-state index is 12.7. The summed E-state index contributed by atoms with van der Waals surface area (Å²) in [6.45, 7) is 0. The van der Waals surface area contributed by atoms with Gasteiger partial charge in [0.05, 0.1) is 12.7 Å². The average molecular weight is 458 g/mol. The Balaban J connectivity index is 1.93. The van der Waals surface area contributed by atoms with Crippen molar-refractivity contribution in [3.63, 3.8) is 0 Å². The molecule has 3 rings (SSSR count). The molecule has 1 aromatic carbocycles. The minimum Gasteiger partial charge on any atom is -0.504 e. The van der Waals surface area contributed by atoms with Crippen molar-refractivity contribution < 1.29 is 14.6 Å². The zero-order valence-corrected chi connectivity index (χ0v) is 17.4. The molecule has 2 aromatic rings. The van der Waals surface area contributed by atoms with Crippen LogP contribution in [-0.4, -0.2) is 18.1 Å². The number of aryl methyl sites for hydroxylation is 1. The number of nitrogens with zero attached hydrogens (tertiary/aromatic N) is 2. The highest BCUT2D eigenvalue weighted by molar-refractivity contribution is 9.10. The van der Waals surface area contributed by atoms with Crippen LogP contribution in [0.1, 0.15) is 34.4 Å². The number of phenols is 1. The number of phenolic OH excluding ortho intramolecular Hbond substituents is 1. The molecule has 142 valence electrons. The van der Waals surface area contributed by atoms with Crippen molar-refractivity contribution in [3.05, 3.63) is 43.7 Å². The summed E-state index contributed by atoms with van der Waals surface area (Å²) in [7, 11) is 1.41. The van der Waals surface area contributed by atoms with Crippen molar-refractivity contribution in [2.45, 2.75) is 25.7 Å². The van der Waals surface area contributed by atoms with E-state index in [1.165, 1.54) is 24.5 Å². The molecule has 0 spiro atoms. The largest absolute Gasteiger partial charge is 0.504 e. The molecular weight excluding hydrogens is 442 g/mol. The number of thiophene rings is 1. The molecule has 1 aliphatic rings. The van der Waals surface area contributed by atoms with Gasteiger partial charge in [0, 0.05) is 14.9 Å². The first kappa shape index (κ1) is 19.9. The molecule has 0 radical (unpaired) electrons. The molecule has 1 heterocycles. The molecule has 0 unspecified atom stereocenters. The van der Waals surface area contributed by atoms with E-state index >= 15 is 0 Å². The monoisotopic (exact) mass is 457 g/mol. The Morgan fingerprint density at radius 3 is 2.79 bits per heavy atom. The highest BCUT2D eigenvalue weighted by Gasteiger charge is 2.23. The number of benzene rings is 1. The van der Waals surface area contributed by atoms with Crippen molar-refractivity contribution in [3.8, 4) is 23.6 Å². The lowest BCUT2D eigenvalue weighted by molar-refractivity contribution is -0.112. The molecule has 0 fully saturated rings. The Morgan fingerprint density at radius 1 is 1.36 bits per heavy atom. The van der Waals surface area contributed by atoms with Gasteiger partial charge in [-0.3, -0.25) is 4.79 Å². The third kappa shape index (κ3) is 3.89. The van der Waals surface area contributed by atoms with E-state index < -0.39 is 5.91 Å². The van der Waals surface area contributed by atoms with E-state index in [2.05, 4.69) is 27.3 Å². The minimum atomic E-state index is -0.629. The standard InChI is InChI=1S/C20H16BrN3O3S/c1-27-16-8-13(21)7-11(18(16)25)6-12(9-22)19(26)24-20-15(10-23)14-4-2-3-5-17(14)28-20/h6-8,25H,2-5H2,1H3,(H,24,26)/b12-6+. The average Bonchev–Trinajstić information content (AvgIpc) is 3.04. The molecule has 0 saturated heterocycles. The third-order valence-electron chi connectivity index (χ3n) is 4.46. The molecule has 6 nitrogen and oxygen atoms in total. The Morgan fingerprint density at radius 2 is 2.11 bits per heavy atom. The number of carbonyl (C=O) groups excluding carboxylic acids is 1. The molecule has 1 amide bonds. The van der Waals surface area contributed by atoms with Crippen LogP contribution < -0.4 is 10.1 Å². The number of hydrogen-bond acceptors (Lipinski definition) is 6. The molecule has 1 aromatic heterocycles. The van der Waals surface area contributed by atoms with Gasteiger partial charge < -0.3 is 15.2 Å². The topological polar surface area (TPSA) is 106 Å². The second kappa shape index (κ2) is 8.47. The molecule has 8 heteroatoms. The van der Waals surface area contributed by atoms with E-state index in [9.17, 15) is 20.4 Å². The van der Waals surface area contributed by atoms with Crippen LogP contribution in [0.3, 0.4) is 0 Å². The molecule has 0 atom stereocenters. The number of rotatable bonds is 4. The number of nitrogens with one attached hydrogen (secondary N) is 1. The maximum Gasteiger partial charge on any atom is 0.266 e. The lowest BCUT2D eigenvalue weighted by Gasteiger charge is -2.09. The second-order valence-electron chi connectivity index (χ2n) is 6.20. The van der Waals surface area contributed by atoms with Crippen LogP contribution in [0.25, 0.3) is 6.08 Å². The van der Waals surface area contributed by atoms with Crippen LogP contribution in [0.4, 0.5) is 5.00 Å². The van der Waals surface area contributed by atoms with Gasteiger partial charge >= 0.3 is 0 Å². The summed E-state index contributed by atoms with van der Waals surface area (Å²) < 4.78 is 5.72. The molecule has 0 bridgehead atoms. The fourth-order valence-corrected chi connectivity index (χ4v) is 4.80.